The maximum absolute atomic E-state index is 13.6. The summed E-state index contributed by atoms with van der Waals surface area (Å²) in [4.78, 5) is 17.9. The van der Waals surface area contributed by atoms with Gasteiger partial charge in [-0.15, -0.1) is 12.4 Å². The molecular formula is C27H34ClF3N4O. The van der Waals surface area contributed by atoms with Gasteiger partial charge < -0.3 is 9.80 Å². The Morgan fingerprint density at radius 1 is 1.00 bits per heavy atom. The monoisotopic (exact) mass is 522 g/mol. The van der Waals surface area contributed by atoms with Crippen LogP contribution in [0.25, 0.3) is 0 Å². The van der Waals surface area contributed by atoms with Crippen molar-refractivity contribution in [1.82, 2.24) is 19.6 Å². The third-order valence-electron chi connectivity index (χ3n) is 8.62. The van der Waals surface area contributed by atoms with Gasteiger partial charge in [-0.25, -0.2) is 0 Å². The maximum Gasteiger partial charge on any atom is 0.416 e. The van der Waals surface area contributed by atoms with Crippen molar-refractivity contribution in [3.8, 4) is 0 Å². The highest BCUT2D eigenvalue weighted by atomic mass is 35.5. The number of aromatic nitrogens is 2. The van der Waals surface area contributed by atoms with Gasteiger partial charge >= 0.3 is 6.18 Å². The van der Waals surface area contributed by atoms with Crippen molar-refractivity contribution in [2.24, 2.45) is 5.92 Å². The average Bonchev–Trinajstić information content (AvgIpc) is 3.77. The van der Waals surface area contributed by atoms with Gasteiger partial charge in [0.05, 0.1) is 29.1 Å². The van der Waals surface area contributed by atoms with E-state index in [0.717, 1.165) is 49.9 Å². The molecule has 0 bridgehead atoms. The van der Waals surface area contributed by atoms with Crippen LogP contribution in [0.5, 0.6) is 0 Å². The molecule has 196 valence electrons. The molecule has 2 aliphatic carbocycles. The second-order valence-corrected chi connectivity index (χ2v) is 11.0. The average molecular weight is 523 g/mol. The molecule has 36 heavy (non-hydrogen) atoms. The first-order valence-corrected chi connectivity index (χ1v) is 13.0. The maximum atomic E-state index is 13.6. The van der Waals surface area contributed by atoms with Crippen LogP contribution in [0.1, 0.15) is 90.0 Å². The van der Waals surface area contributed by atoms with Crippen LogP contribution >= 0.6 is 12.4 Å². The highest BCUT2D eigenvalue weighted by Crippen LogP contribution is 2.46. The summed E-state index contributed by atoms with van der Waals surface area (Å²) in [6.45, 7) is 1.84. The zero-order valence-electron chi connectivity index (χ0n) is 20.6. The van der Waals surface area contributed by atoms with Gasteiger partial charge in [0.2, 0.25) is 0 Å². The Morgan fingerprint density at radius 2 is 1.75 bits per heavy atom. The van der Waals surface area contributed by atoms with Gasteiger partial charge in [-0.2, -0.15) is 18.3 Å². The number of hydrogen-bond donors (Lipinski definition) is 0. The Hall–Kier alpha value is -2.06. The highest BCUT2D eigenvalue weighted by Gasteiger charge is 2.42. The van der Waals surface area contributed by atoms with E-state index in [4.69, 9.17) is 5.10 Å². The summed E-state index contributed by atoms with van der Waals surface area (Å²) in [7, 11) is 2.22. The van der Waals surface area contributed by atoms with Gasteiger partial charge in [0, 0.05) is 37.5 Å². The molecule has 0 radical (unpaired) electrons. The van der Waals surface area contributed by atoms with Crippen LogP contribution in [-0.2, 0) is 6.18 Å². The lowest BCUT2D eigenvalue weighted by Gasteiger charge is -2.38. The topological polar surface area (TPSA) is 41.4 Å². The number of hydrogen-bond acceptors (Lipinski definition) is 3. The number of benzene rings is 1. The van der Waals surface area contributed by atoms with E-state index < -0.39 is 11.7 Å². The molecule has 1 aromatic carbocycles. The summed E-state index contributed by atoms with van der Waals surface area (Å²) in [5.41, 5.74) is 1.45. The molecule has 1 aromatic heterocycles. The Labute approximate surface area is 216 Å². The van der Waals surface area contributed by atoms with E-state index in [1.807, 2.05) is 0 Å². The molecule has 2 saturated carbocycles. The molecule has 1 amide bonds. The number of likely N-dealkylation sites (tertiary alicyclic amines) is 2. The minimum Gasteiger partial charge on any atom is -0.338 e. The van der Waals surface area contributed by atoms with Gasteiger partial charge in [-0.1, -0.05) is 18.2 Å². The van der Waals surface area contributed by atoms with Crippen LogP contribution in [0, 0.1) is 5.92 Å². The second-order valence-electron chi connectivity index (χ2n) is 11.0. The Bertz CT molecular complexity index is 1110. The minimum absolute atomic E-state index is 0. The molecule has 2 saturated heterocycles. The Kier molecular flexibility index (Phi) is 6.87. The van der Waals surface area contributed by atoms with Gasteiger partial charge in [-0.05, 0) is 69.5 Å². The first kappa shape index (κ1) is 25.6. The largest absolute Gasteiger partial charge is 0.416 e. The molecule has 3 heterocycles. The van der Waals surface area contributed by atoms with E-state index in [9.17, 15) is 18.0 Å². The summed E-state index contributed by atoms with van der Waals surface area (Å²) in [6.07, 6.45) is 4.78. The number of halogens is 4. The van der Waals surface area contributed by atoms with Crippen LogP contribution in [0.15, 0.2) is 30.5 Å². The van der Waals surface area contributed by atoms with E-state index >= 15 is 0 Å². The summed E-state index contributed by atoms with van der Waals surface area (Å²) < 4.78 is 42.8. The van der Waals surface area contributed by atoms with Gasteiger partial charge in [-0.3, -0.25) is 9.48 Å². The normalized spacial score (nSPS) is 27.2. The number of nitrogens with zero attached hydrogens (tertiary/aromatic N) is 4. The van der Waals surface area contributed by atoms with Crippen molar-refractivity contribution in [3.63, 3.8) is 0 Å². The first-order valence-electron chi connectivity index (χ1n) is 13.0. The molecule has 6 rings (SSSR count). The van der Waals surface area contributed by atoms with Gasteiger partial charge in [0.1, 0.15) is 0 Å². The molecule has 0 spiro atoms. The van der Waals surface area contributed by atoms with Crippen LogP contribution in [0.2, 0.25) is 0 Å². The fourth-order valence-corrected chi connectivity index (χ4v) is 6.42. The molecule has 0 N–H and O–H groups in total. The third-order valence-corrected chi connectivity index (χ3v) is 8.62. The van der Waals surface area contributed by atoms with Crippen molar-refractivity contribution >= 4 is 18.3 Å². The van der Waals surface area contributed by atoms with E-state index in [2.05, 4.69) is 16.6 Å². The zero-order valence-corrected chi connectivity index (χ0v) is 21.4. The summed E-state index contributed by atoms with van der Waals surface area (Å²) in [6, 6.07) is 6.70. The SMILES string of the molecule is CN1CC[C@@H](n2ncc(C(=O)N3CCC(c4ccccc4C(F)(F)F)C3)c2C2CC2)CC1C1CC1.Cl. The summed E-state index contributed by atoms with van der Waals surface area (Å²) in [5.74, 6) is 0.797. The molecule has 4 fully saturated rings. The van der Waals surface area contributed by atoms with Crippen molar-refractivity contribution in [2.75, 3.05) is 26.7 Å². The van der Waals surface area contributed by atoms with Crippen LogP contribution in [0.3, 0.4) is 0 Å². The highest BCUT2D eigenvalue weighted by molar-refractivity contribution is 5.95. The van der Waals surface area contributed by atoms with E-state index in [0.29, 0.717) is 48.6 Å². The first-order chi connectivity index (χ1) is 16.8. The lowest BCUT2D eigenvalue weighted by molar-refractivity contribution is -0.138. The Morgan fingerprint density at radius 3 is 2.44 bits per heavy atom. The summed E-state index contributed by atoms with van der Waals surface area (Å²) in [5, 5.41) is 4.76. The standard InChI is InChI=1S/C27H33F3N4O.ClH/c1-32-12-11-20(14-24(32)17-6-7-17)34-25(18-8-9-18)22(15-31-34)26(35)33-13-10-19(16-33)21-4-2-3-5-23(21)27(28,29)30;/h2-5,15,17-20,24H,6-14,16H2,1H3;1H/t19?,20-,24?;/m1./s1. The zero-order chi connectivity index (χ0) is 24.3. The lowest BCUT2D eigenvalue weighted by atomic mass is 9.93. The molecule has 9 heteroatoms. The fraction of sp³-hybridized carbons (Fsp3) is 0.630. The number of amides is 1. The minimum atomic E-state index is -4.39. The molecule has 5 nitrogen and oxygen atoms in total. The number of carbonyl (C=O) groups excluding carboxylic acids is 1. The predicted octanol–water partition coefficient (Wildman–Crippen LogP) is 5.88. The van der Waals surface area contributed by atoms with Gasteiger partial charge in [0.25, 0.3) is 5.91 Å². The lowest BCUT2D eigenvalue weighted by Crippen LogP contribution is -2.42. The van der Waals surface area contributed by atoms with Crippen molar-refractivity contribution in [2.45, 2.75) is 75.0 Å². The molecular weight excluding hydrogens is 489 g/mol. The van der Waals surface area contributed by atoms with E-state index in [1.54, 1.807) is 23.2 Å². The smallest absolute Gasteiger partial charge is 0.338 e. The number of rotatable bonds is 5. The van der Waals surface area contributed by atoms with Crippen LogP contribution in [0.4, 0.5) is 13.2 Å². The van der Waals surface area contributed by atoms with Crippen molar-refractivity contribution in [3.05, 3.63) is 52.8 Å². The number of alkyl halides is 3. The van der Waals surface area contributed by atoms with Crippen LogP contribution in [-0.4, -0.2) is 58.2 Å². The van der Waals surface area contributed by atoms with E-state index in [-0.39, 0.29) is 24.2 Å². The van der Waals surface area contributed by atoms with Gasteiger partial charge in [0.15, 0.2) is 0 Å². The number of carbonyl (C=O) groups is 1. The van der Waals surface area contributed by atoms with Crippen molar-refractivity contribution < 1.29 is 18.0 Å². The molecule has 2 aromatic rings. The fourth-order valence-electron chi connectivity index (χ4n) is 6.42. The summed E-state index contributed by atoms with van der Waals surface area (Å²) >= 11 is 0. The Balaban J connectivity index is 0.00000267. The molecule has 2 aliphatic heterocycles. The van der Waals surface area contributed by atoms with Crippen LogP contribution < -0.4 is 0 Å². The molecule has 3 atom stereocenters. The van der Waals surface area contributed by atoms with E-state index in [1.165, 1.54) is 18.9 Å². The predicted molar refractivity (Wildman–Crippen MR) is 134 cm³/mol. The quantitative estimate of drug-likeness (QED) is 0.492. The molecule has 4 aliphatic rings. The number of piperidine rings is 1. The van der Waals surface area contributed by atoms with Crippen molar-refractivity contribution in [1.29, 1.82) is 0 Å². The molecule has 2 unspecified atom stereocenters. The third kappa shape index (κ3) is 4.78. The second kappa shape index (κ2) is 9.67.